The van der Waals surface area contributed by atoms with Gasteiger partial charge in [0, 0.05) is 6.07 Å². The van der Waals surface area contributed by atoms with Crippen LogP contribution < -0.4 is 10.5 Å². The second-order valence-corrected chi connectivity index (χ2v) is 5.10. The summed E-state index contributed by atoms with van der Waals surface area (Å²) in [6.07, 6.45) is 0. The predicted molar refractivity (Wildman–Crippen MR) is 67.8 cm³/mol. The molecular formula is C11H13Cl2NO3. The molecule has 0 heterocycles. The Kier molecular flexibility index (Phi) is 4.11. The molecule has 0 atom stereocenters. The number of hydrogen-bond acceptors (Lipinski definition) is 3. The van der Waals surface area contributed by atoms with Crippen LogP contribution in [0.4, 0.5) is 5.69 Å². The van der Waals surface area contributed by atoms with Crippen molar-refractivity contribution in [3.63, 3.8) is 0 Å². The van der Waals surface area contributed by atoms with Gasteiger partial charge < -0.3 is 15.6 Å². The number of hydrogen-bond donors (Lipinski definition) is 2. The normalized spacial score (nSPS) is 11.3. The number of nitrogen functional groups attached to an aromatic ring is 1. The molecule has 0 bridgehead atoms. The Labute approximate surface area is 109 Å². The molecule has 0 fully saturated rings. The lowest BCUT2D eigenvalue weighted by Crippen LogP contribution is -2.30. The van der Waals surface area contributed by atoms with Crippen molar-refractivity contribution < 1.29 is 14.6 Å². The van der Waals surface area contributed by atoms with Crippen LogP contribution >= 0.6 is 23.2 Å². The van der Waals surface area contributed by atoms with Gasteiger partial charge in [0.15, 0.2) is 0 Å². The van der Waals surface area contributed by atoms with Crippen LogP contribution in [0.1, 0.15) is 13.8 Å². The van der Waals surface area contributed by atoms with Gasteiger partial charge in [-0.25, -0.2) is 0 Å². The van der Waals surface area contributed by atoms with Crippen LogP contribution in [0.5, 0.6) is 5.75 Å². The summed E-state index contributed by atoms with van der Waals surface area (Å²) < 4.78 is 5.35. The molecule has 0 aliphatic heterocycles. The standard InChI is InChI=1S/C11H13Cl2NO3/c1-11(2,10(15)16)5-17-9-4-7(13)6(12)3-8(9)14/h3-4H,5,14H2,1-2H3,(H,15,16). The summed E-state index contributed by atoms with van der Waals surface area (Å²) >= 11 is 11.6. The van der Waals surface area contributed by atoms with E-state index in [0.29, 0.717) is 21.5 Å². The Morgan fingerprint density at radius 2 is 1.94 bits per heavy atom. The fourth-order valence-electron chi connectivity index (χ4n) is 0.989. The fraction of sp³-hybridized carbons (Fsp3) is 0.364. The van der Waals surface area contributed by atoms with Gasteiger partial charge in [-0.05, 0) is 19.9 Å². The van der Waals surface area contributed by atoms with Crippen molar-refractivity contribution >= 4 is 34.9 Å². The highest BCUT2D eigenvalue weighted by Crippen LogP contribution is 2.33. The van der Waals surface area contributed by atoms with Crippen molar-refractivity contribution in [3.05, 3.63) is 22.2 Å². The van der Waals surface area contributed by atoms with Gasteiger partial charge in [-0.1, -0.05) is 23.2 Å². The number of nitrogens with two attached hydrogens (primary N) is 1. The molecule has 0 aromatic heterocycles. The van der Waals surface area contributed by atoms with Crippen LogP contribution in [0, 0.1) is 5.41 Å². The van der Waals surface area contributed by atoms with Gasteiger partial charge in [0.1, 0.15) is 12.4 Å². The number of carboxylic acid groups (broad SMARTS) is 1. The highest BCUT2D eigenvalue weighted by molar-refractivity contribution is 6.42. The first-order valence-electron chi connectivity index (χ1n) is 4.85. The lowest BCUT2D eigenvalue weighted by molar-refractivity contribution is -0.148. The maximum atomic E-state index is 10.9. The van der Waals surface area contributed by atoms with Gasteiger partial charge in [-0.15, -0.1) is 0 Å². The minimum absolute atomic E-state index is 0.00943. The lowest BCUT2D eigenvalue weighted by atomic mass is 9.95. The molecule has 17 heavy (non-hydrogen) atoms. The van der Waals surface area contributed by atoms with Crippen molar-refractivity contribution in [2.75, 3.05) is 12.3 Å². The molecule has 0 saturated carbocycles. The molecular weight excluding hydrogens is 265 g/mol. The maximum Gasteiger partial charge on any atom is 0.312 e. The number of halogens is 2. The Balaban J connectivity index is 2.83. The zero-order valence-electron chi connectivity index (χ0n) is 9.46. The highest BCUT2D eigenvalue weighted by Gasteiger charge is 2.28. The minimum atomic E-state index is -1.00. The molecule has 1 rings (SSSR count). The molecule has 0 aliphatic carbocycles. The summed E-state index contributed by atoms with van der Waals surface area (Å²) in [4.78, 5) is 10.9. The van der Waals surface area contributed by atoms with E-state index in [0.717, 1.165) is 0 Å². The number of ether oxygens (including phenoxy) is 1. The zero-order valence-corrected chi connectivity index (χ0v) is 11.0. The second kappa shape index (κ2) is 5.02. The van der Waals surface area contributed by atoms with Crippen LogP contribution in [0.3, 0.4) is 0 Å². The molecule has 0 unspecified atom stereocenters. The van der Waals surface area contributed by atoms with Crippen molar-refractivity contribution in [1.82, 2.24) is 0 Å². The van der Waals surface area contributed by atoms with Crippen LogP contribution in [-0.2, 0) is 4.79 Å². The molecule has 1 aromatic rings. The Hall–Kier alpha value is -1.13. The predicted octanol–water partition coefficient (Wildman–Crippen LogP) is 3.07. The molecule has 1 aromatic carbocycles. The van der Waals surface area contributed by atoms with Crippen molar-refractivity contribution in [2.45, 2.75) is 13.8 Å². The molecule has 0 aliphatic rings. The molecule has 0 spiro atoms. The van der Waals surface area contributed by atoms with E-state index in [1.807, 2.05) is 0 Å². The SMILES string of the molecule is CC(C)(COc1cc(Cl)c(Cl)cc1N)C(=O)O. The minimum Gasteiger partial charge on any atom is -0.490 e. The first kappa shape index (κ1) is 13.9. The van der Waals surface area contributed by atoms with Crippen molar-refractivity contribution in [1.29, 1.82) is 0 Å². The van der Waals surface area contributed by atoms with E-state index in [9.17, 15) is 4.79 Å². The summed E-state index contributed by atoms with van der Waals surface area (Å²) in [6.45, 7) is 3.11. The summed E-state index contributed by atoms with van der Waals surface area (Å²) in [7, 11) is 0. The molecule has 0 radical (unpaired) electrons. The average Bonchev–Trinajstić information content (AvgIpc) is 2.21. The van der Waals surface area contributed by atoms with Gasteiger partial charge >= 0.3 is 5.97 Å². The highest BCUT2D eigenvalue weighted by atomic mass is 35.5. The topological polar surface area (TPSA) is 72.5 Å². The summed E-state index contributed by atoms with van der Waals surface area (Å²) in [6, 6.07) is 2.93. The molecule has 6 heteroatoms. The van der Waals surface area contributed by atoms with E-state index in [2.05, 4.69) is 0 Å². The van der Waals surface area contributed by atoms with E-state index in [-0.39, 0.29) is 6.61 Å². The summed E-state index contributed by atoms with van der Waals surface area (Å²) in [5, 5.41) is 9.57. The van der Waals surface area contributed by atoms with E-state index in [4.69, 9.17) is 38.8 Å². The van der Waals surface area contributed by atoms with Gasteiger partial charge in [0.25, 0.3) is 0 Å². The van der Waals surface area contributed by atoms with E-state index in [1.165, 1.54) is 12.1 Å². The molecule has 94 valence electrons. The van der Waals surface area contributed by atoms with Gasteiger partial charge in [0.2, 0.25) is 0 Å². The molecule has 0 saturated heterocycles. The van der Waals surface area contributed by atoms with Crippen LogP contribution in [0.2, 0.25) is 10.0 Å². The van der Waals surface area contributed by atoms with Gasteiger partial charge in [0.05, 0.1) is 21.1 Å². The number of rotatable bonds is 4. The fourth-order valence-corrected chi connectivity index (χ4v) is 1.31. The number of carbonyl (C=O) groups is 1. The average molecular weight is 278 g/mol. The van der Waals surface area contributed by atoms with Crippen LogP contribution in [0.25, 0.3) is 0 Å². The Morgan fingerprint density at radius 1 is 1.41 bits per heavy atom. The third-order valence-electron chi connectivity index (χ3n) is 2.22. The zero-order chi connectivity index (χ0) is 13.2. The third kappa shape index (κ3) is 3.41. The monoisotopic (exact) mass is 277 g/mol. The quantitative estimate of drug-likeness (QED) is 0.830. The number of anilines is 1. The maximum absolute atomic E-state index is 10.9. The smallest absolute Gasteiger partial charge is 0.312 e. The third-order valence-corrected chi connectivity index (χ3v) is 2.94. The van der Waals surface area contributed by atoms with E-state index < -0.39 is 11.4 Å². The Bertz CT molecular complexity index is 447. The van der Waals surface area contributed by atoms with Crippen molar-refractivity contribution in [2.24, 2.45) is 5.41 Å². The second-order valence-electron chi connectivity index (χ2n) is 4.28. The van der Waals surface area contributed by atoms with Crippen LogP contribution in [0.15, 0.2) is 12.1 Å². The molecule has 4 nitrogen and oxygen atoms in total. The van der Waals surface area contributed by atoms with Crippen molar-refractivity contribution in [3.8, 4) is 5.75 Å². The van der Waals surface area contributed by atoms with Crippen LogP contribution in [-0.4, -0.2) is 17.7 Å². The number of aliphatic carboxylic acids is 1. The Morgan fingerprint density at radius 3 is 2.47 bits per heavy atom. The number of carboxylic acids is 1. The first-order chi connectivity index (χ1) is 7.74. The lowest BCUT2D eigenvalue weighted by Gasteiger charge is -2.20. The number of benzene rings is 1. The van der Waals surface area contributed by atoms with Gasteiger partial charge in [-0.3, -0.25) is 4.79 Å². The van der Waals surface area contributed by atoms with Gasteiger partial charge in [-0.2, -0.15) is 0 Å². The van der Waals surface area contributed by atoms with E-state index in [1.54, 1.807) is 13.8 Å². The summed E-state index contributed by atoms with van der Waals surface area (Å²) in [5.41, 5.74) is 5.00. The summed E-state index contributed by atoms with van der Waals surface area (Å²) in [5.74, 6) is -0.621. The molecule has 3 N–H and O–H groups in total. The largest absolute Gasteiger partial charge is 0.490 e. The van der Waals surface area contributed by atoms with E-state index >= 15 is 0 Å². The molecule has 0 amide bonds. The first-order valence-corrected chi connectivity index (χ1v) is 5.60.